The first kappa shape index (κ1) is 26.1. The van der Waals surface area contributed by atoms with Crippen LogP contribution in [0.4, 0.5) is 17.3 Å². The van der Waals surface area contributed by atoms with E-state index in [9.17, 15) is 9.59 Å². The molecule has 39 heavy (non-hydrogen) atoms. The van der Waals surface area contributed by atoms with Gasteiger partial charge in [-0.05, 0) is 40.6 Å². The number of hydrogen-bond acceptors (Lipinski definition) is 8. The van der Waals surface area contributed by atoms with Gasteiger partial charge in [0.25, 0.3) is 5.91 Å². The van der Waals surface area contributed by atoms with Crippen molar-refractivity contribution >= 4 is 40.0 Å². The number of morpholine rings is 1. The SMILES string of the molecule is CC(=O)Oc1c(N(C)C)nc(Cc2ccc(NC(=O)c3ccc4ccccc4c3)cc2)nc1N1CCOCC1. The Hall–Kier alpha value is -4.50. The van der Waals surface area contributed by atoms with Crippen LogP contribution in [0.5, 0.6) is 5.75 Å². The van der Waals surface area contributed by atoms with Crippen molar-refractivity contribution < 1.29 is 19.1 Å². The third kappa shape index (κ3) is 6.15. The predicted molar refractivity (Wildman–Crippen MR) is 152 cm³/mol. The number of carbonyl (C=O) groups excluding carboxylic acids is 2. The third-order valence-electron chi connectivity index (χ3n) is 6.44. The fraction of sp³-hybridized carbons (Fsp3) is 0.267. The van der Waals surface area contributed by atoms with Gasteiger partial charge in [0.1, 0.15) is 5.82 Å². The van der Waals surface area contributed by atoms with Crippen LogP contribution in [0.1, 0.15) is 28.7 Å². The van der Waals surface area contributed by atoms with Gasteiger partial charge in [-0.1, -0.05) is 42.5 Å². The lowest BCUT2D eigenvalue weighted by Crippen LogP contribution is -2.37. The average Bonchev–Trinajstić information content (AvgIpc) is 2.94. The minimum atomic E-state index is -0.426. The maximum Gasteiger partial charge on any atom is 0.308 e. The van der Waals surface area contributed by atoms with E-state index in [1.54, 1.807) is 0 Å². The Morgan fingerprint density at radius 1 is 0.974 bits per heavy atom. The van der Waals surface area contributed by atoms with E-state index in [1.165, 1.54) is 6.92 Å². The molecule has 1 aromatic heterocycles. The van der Waals surface area contributed by atoms with Gasteiger partial charge < -0.3 is 24.6 Å². The minimum absolute atomic E-state index is 0.163. The summed E-state index contributed by atoms with van der Waals surface area (Å²) >= 11 is 0. The largest absolute Gasteiger partial charge is 0.419 e. The topological polar surface area (TPSA) is 96.9 Å². The zero-order valence-electron chi connectivity index (χ0n) is 22.3. The summed E-state index contributed by atoms with van der Waals surface area (Å²) in [5.74, 6) is 1.49. The van der Waals surface area contributed by atoms with Crippen LogP contribution in [0.25, 0.3) is 10.8 Å². The lowest BCUT2D eigenvalue weighted by atomic mass is 10.1. The average molecular weight is 526 g/mol. The molecular formula is C30H31N5O4. The van der Waals surface area contributed by atoms with E-state index in [1.807, 2.05) is 85.7 Å². The minimum Gasteiger partial charge on any atom is -0.419 e. The highest BCUT2D eigenvalue weighted by Crippen LogP contribution is 2.36. The van der Waals surface area contributed by atoms with Crippen LogP contribution in [0.2, 0.25) is 0 Å². The van der Waals surface area contributed by atoms with E-state index in [2.05, 4.69) is 10.2 Å². The summed E-state index contributed by atoms with van der Waals surface area (Å²) in [5, 5.41) is 5.09. The lowest BCUT2D eigenvalue weighted by molar-refractivity contribution is -0.131. The number of anilines is 3. The second-order valence-electron chi connectivity index (χ2n) is 9.59. The van der Waals surface area contributed by atoms with Gasteiger partial charge in [-0.2, -0.15) is 0 Å². The van der Waals surface area contributed by atoms with Gasteiger partial charge in [-0.25, -0.2) is 9.97 Å². The number of amides is 1. The van der Waals surface area contributed by atoms with Crippen molar-refractivity contribution in [3.05, 3.63) is 83.7 Å². The van der Waals surface area contributed by atoms with E-state index < -0.39 is 5.97 Å². The Bertz CT molecular complexity index is 1500. The molecule has 0 aliphatic carbocycles. The van der Waals surface area contributed by atoms with Crippen molar-refractivity contribution in [3.8, 4) is 5.75 Å². The molecule has 0 spiro atoms. The van der Waals surface area contributed by atoms with Gasteiger partial charge in [0, 0.05) is 51.8 Å². The summed E-state index contributed by atoms with van der Waals surface area (Å²) in [6, 6.07) is 21.3. The van der Waals surface area contributed by atoms with Crippen LogP contribution in [0.3, 0.4) is 0 Å². The van der Waals surface area contributed by atoms with Crippen LogP contribution >= 0.6 is 0 Å². The van der Waals surface area contributed by atoms with Gasteiger partial charge in [-0.15, -0.1) is 0 Å². The Morgan fingerprint density at radius 2 is 1.69 bits per heavy atom. The van der Waals surface area contributed by atoms with E-state index in [4.69, 9.17) is 19.4 Å². The molecule has 200 valence electrons. The highest BCUT2D eigenvalue weighted by Gasteiger charge is 2.25. The summed E-state index contributed by atoms with van der Waals surface area (Å²) in [7, 11) is 3.71. The normalized spacial score (nSPS) is 13.3. The van der Waals surface area contributed by atoms with Gasteiger partial charge in [0.2, 0.25) is 5.75 Å². The Morgan fingerprint density at radius 3 is 2.38 bits per heavy atom. The number of esters is 1. The monoisotopic (exact) mass is 525 g/mol. The summed E-state index contributed by atoms with van der Waals surface area (Å²) in [6.45, 7) is 3.80. The molecule has 0 unspecified atom stereocenters. The smallest absolute Gasteiger partial charge is 0.308 e. The third-order valence-corrected chi connectivity index (χ3v) is 6.44. The quantitative estimate of drug-likeness (QED) is 0.357. The van der Waals surface area contributed by atoms with Crippen LogP contribution in [0, 0.1) is 0 Å². The molecule has 5 rings (SSSR count). The highest BCUT2D eigenvalue weighted by molar-refractivity contribution is 6.06. The Labute approximate surface area is 227 Å². The van der Waals surface area contributed by atoms with Gasteiger partial charge >= 0.3 is 5.97 Å². The molecule has 4 aromatic rings. The number of nitrogens with zero attached hydrogens (tertiary/aromatic N) is 4. The maximum absolute atomic E-state index is 12.8. The number of aromatic nitrogens is 2. The molecule has 1 aliphatic heterocycles. The number of carbonyl (C=O) groups is 2. The molecule has 3 aromatic carbocycles. The number of fused-ring (bicyclic) bond motifs is 1. The van der Waals surface area contributed by atoms with Crippen molar-refractivity contribution in [3.63, 3.8) is 0 Å². The number of hydrogen-bond donors (Lipinski definition) is 1. The molecule has 1 N–H and O–H groups in total. The molecule has 9 nitrogen and oxygen atoms in total. The molecule has 0 atom stereocenters. The lowest BCUT2D eigenvalue weighted by Gasteiger charge is -2.30. The Balaban J connectivity index is 1.35. The van der Waals surface area contributed by atoms with Crippen LogP contribution < -0.4 is 19.9 Å². The molecule has 2 heterocycles. The summed E-state index contributed by atoms with van der Waals surface area (Å²) in [4.78, 5) is 38.1. The molecule has 1 amide bonds. The summed E-state index contributed by atoms with van der Waals surface area (Å²) < 4.78 is 11.1. The number of rotatable bonds is 7. The van der Waals surface area contributed by atoms with E-state index in [0.29, 0.717) is 67.2 Å². The zero-order valence-corrected chi connectivity index (χ0v) is 22.3. The first-order valence-electron chi connectivity index (χ1n) is 12.9. The first-order chi connectivity index (χ1) is 18.9. The fourth-order valence-electron chi connectivity index (χ4n) is 4.50. The standard InChI is InChI=1S/C30H31N5O4/c1-20(36)39-27-28(34(2)3)32-26(33-29(27)35-14-16-38-17-15-35)18-21-8-12-25(13-9-21)31-30(37)24-11-10-22-6-4-5-7-23(22)19-24/h4-13,19H,14-18H2,1-3H3,(H,31,37). The molecule has 0 saturated carbocycles. The molecule has 0 radical (unpaired) electrons. The van der Waals surface area contributed by atoms with Crippen LogP contribution in [-0.4, -0.2) is 62.2 Å². The van der Waals surface area contributed by atoms with Crippen molar-refractivity contribution in [2.45, 2.75) is 13.3 Å². The molecule has 0 bridgehead atoms. The van der Waals surface area contributed by atoms with Crippen molar-refractivity contribution in [2.75, 3.05) is 55.5 Å². The van der Waals surface area contributed by atoms with Crippen molar-refractivity contribution in [1.29, 1.82) is 0 Å². The van der Waals surface area contributed by atoms with Crippen LogP contribution in [-0.2, 0) is 16.0 Å². The maximum atomic E-state index is 12.8. The summed E-state index contributed by atoms with van der Waals surface area (Å²) in [6.07, 6.45) is 0.470. The predicted octanol–water partition coefficient (Wildman–Crippen LogP) is 4.30. The van der Waals surface area contributed by atoms with E-state index >= 15 is 0 Å². The number of nitrogens with one attached hydrogen (secondary N) is 1. The molecule has 1 fully saturated rings. The van der Waals surface area contributed by atoms with E-state index in [-0.39, 0.29) is 5.91 Å². The molecule has 9 heteroatoms. The Kier molecular flexibility index (Phi) is 7.69. The summed E-state index contributed by atoms with van der Waals surface area (Å²) in [5.41, 5.74) is 2.29. The molecule has 1 aliphatic rings. The fourth-order valence-corrected chi connectivity index (χ4v) is 4.50. The number of benzene rings is 3. The number of ether oxygens (including phenoxy) is 2. The molecule has 1 saturated heterocycles. The van der Waals surface area contributed by atoms with E-state index in [0.717, 1.165) is 16.3 Å². The first-order valence-corrected chi connectivity index (χ1v) is 12.9. The van der Waals surface area contributed by atoms with Crippen LogP contribution in [0.15, 0.2) is 66.7 Å². The zero-order chi connectivity index (χ0) is 27.4. The second-order valence-corrected chi connectivity index (χ2v) is 9.59. The highest BCUT2D eigenvalue weighted by atomic mass is 16.5. The van der Waals surface area contributed by atoms with Gasteiger partial charge in [-0.3, -0.25) is 9.59 Å². The van der Waals surface area contributed by atoms with Crippen molar-refractivity contribution in [1.82, 2.24) is 9.97 Å². The van der Waals surface area contributed by atoms with Gasteiger partial charge in [0.05, 0.1) is 13.2 Å². The van der Waals surface area contributed by atoms with Crippen molar-refractivity contribution in [2.24, 2.45) is 0 Å². The second kappa shape index (κ2) is 11.5. The molecular weight excluding hydrogens is 494 g/mol. The van der Waals surface area contributed by atoms with Gasteiger partial charge in [0.15, 0.2) is 11.6 Å².